The lowest BCUT2D eigenvalue weighted by Gasteiger charge is -2.42. The highest BCUT2D eigenvalue weighted by Crippen LogP contribution is 2.28. The maximum absolute atomic E-state index is 13.2. The van der Waals surface area contributed by atoms with E-state index in [1.54, 1.807) is 11.3 Å². The van der Waals surface area contributed by atoms with Crippen molar-refractivity contribution in [1.29, 1.82) is 0 Å². The molecule has 4 rings (SSSR count). The highest BCUT2D eigenvalue weighted by atomic mass is 32.1. The van der Waals surface area contributed by atoms with Crippen molar-refractivity contribution in [2.75, 3.05) is 20.6 Å². The fraction of sp³-hybridized carbons (Fsp3) is 0.458. The lowest BCUT2D eigenvalue weighted by Crippen LogP contribution is -2.53. The molecule has 0 spiro atoms. The van der Waals surface area contributed by atoms with E-state index in [0.29, 0.717) is 18.5 Å². The second kappa shape index (κ2) is 9.41. The van der Waals surface area contributed by atoms with E-state index in [1.807, 2.05) is 18.4 Å². The van der Waals surface area contributed by atoms with Crippen LogP contribution in [0.2, 0.25) is 0 Å². The number of rotatable bonds is 7. The molecule has 0 saturated heterocycles. The van der Waals surface area contributed by atoms with Gasteiger partial charge in [0, 0.05) is 35.3 Å². The zero-order valence-electron chi connectivity index (χ0n) is 17.3. The molecule has 0 radical (unpaired) electrons. The van der Waals surface area contributed by atoms with Crippen molar-refractivity contribution in [1.82, 2.24) is 9.80 Å². The SMILES string of the molecule is CN(CCc1cccs1)[C@@H]1CCCC[C@H]1N(C)C(=O)Cc1cccc2sccc12. The fourth-order valence-electron chi connectivity index (χ4n) is 4.65. The normalized spacial score (nSPS) is 19.7. The molecule has 0 unspecified atom stereocenters. The number of benzene rings is 1. The summed E-state index contributed by atoms with van der Waals surface area (Å²) in [6.07, 6.45) is 6.36. The topological polar surface area (TPSA) is 23.6 Å². The highest BCUT2D eigenvalue weighted by Gasteiger charge is 2.33. The molecule has 0 bridgehead atoms. The molecule has 1 saturated carbocycles. The lowest BCUT2D eigenvalue weighted by atomic mass is 9.88. The van der Waals surface area contributed by atoms with E-state index in [-0.39, 0.29) is 5.91 Å². The van der Waals surface area contributed by atoms with Gasteiger partial charge in [-0.15, -0.1) is 22.7 Å². The summed E-state index contributed by atoms with van der Waals surface area (Å²) in [6.45, 7) is 1.05. The lowest BCUT2D eigenvalue weighted by molar-refractivity contribution is -0.133. The Morgan fingerprint density at radius 3 is 2.62 bits per heavy atom. The first kappa shape index (κ1) is 20.6. The van der Waals surface area contributed by atoms with Gasteiger partial charge in [-0.1, -0.05) is 31.0 Å². The Morgan fingerprint density at radius 2 is 1.83 bits per heavy atom. The Labute approximate surface area is 182 Å². The van der Waals surface area contributed by atoms with Crippen LogP contribution in [0.15, 0.2) is 47.2 Å². The van der Waals surface area contributed by atoms with Crippen molar-refractivity contribution in [2.45, 2.75) is 50.6 Å². The van der Waals surface area contributed by atoms with Crippen LogP contribution in [0.25, 0.3) is 10.1 Å². The Balaban J connectivity index is 1.42. The molecular weight excluding hydrogens is 396 g/mol. The molecule has 0 aliphatic heterocycles. The number of thiophene rings is 2. The first-order valence-corrected chi connectivity index (χ1v) is 12.3. The number of hydrogen-bond donors (Lipinski definition) is 0. The monoisotopic (exact) mass is 426 g/mol. The van der Waals surface area contributed by atoms with Crippen LogP contribution in [0, 0.1) is 0 Å². The van der Waals surface area contributed by atoms with Gasteiger partial charge in [-0.2, -0.15) is 0 Å². The number of hydrogen-bond acceptors (Lipinski definition) is 4. The van der Waals surface area contributed by atoms with E-state index in [0.717, 1.165) is 24.9 Å². The highest BCUT2D eigenvalue weighted by molar-refractivity contribution is 7.17. The van der Waals surface area contributed by atoms with E-state index in [4.69, 9.17) is 0 Å². The van der Waals surface area contributed by atoms with E-state index >= 15 is 0 Å². The standard InChI is InChI=1S/C24H30N2OS2/c1-25(14-12-19-8-6-15-28-19)21-9-3-4-10-22(21)26(2)24(27)17-18-7-5-11-23-20(18)13-16-29-23/h5-8,11,13,15-16,21-22H,3-4,9-10,12,14,17H2,1-2H3/t21-,22-/m1/s1. The molecule has 2 aromatic heterocycles. The molecule has 2 atom stereocenters. The van der Waals surface area contributed by atoms with E-state index in [1.165, 1.54) is 34.2 Å². The van der Waals surface area contributed by atoms with Crippen LogP contribution >= 0.6 is 22.7 Å². The van der Waals surface area contributed by atoms with E-state index < -0.39 is 0 Å². The third kappa shape index (κ3) is 4.73. The van der Waals surface area contributed by atoms with Crippen molar-refractivity contribution >= 4 is 38.7 Å². The Kier molecular flexibility index (Phi) is 6.68. The fourth-order valence-corrected chi connectivity index (χ4v) is 6.18. The first-order valence-electron chi connectivity index (χ1n) is 10.6. The number of carbonyl (C=O) groups excluding carboxylic acids is 1. The van der Waals surface area contributed by atoms with Gasteiger partial charge in [-0.25, -0.2) is 0 Å². The Bertz CT molecular complexity index is 933. The smallest absolute Gasteiger partial charge is 0.227 e. The van der Waals surface area contributed by atoms with Gasteiger partial charge in [0.25, 0.3) is 0 Å². The van der Waals surface area contributed by atoms with E-state index in [2.05, 4.69) is 64.0 Å². The minimum atomic E-state index is 0.243. The molecule has 0 N–H and O–H groups in total. The van der Waals surface area contributed by atoms with Crippen LogP contribution in [0.4, 0.5) is 0 Å². The van der Waals surface area contributed by atoms with Crippen molar-refractivity contribution in [2.24, 2.45) is 0 Å². The van der Waals surface area contributed by atoms with Gasteiger partial charge in [-0.05, 0) is 66.2 Å². The second-order valence-corrected chi connectivity index (χ2v) is 10.1. The van der Waals surface area contributed by atoms with Gasteiger partial charge < -0.3 is 9.80 Å². The molecule has 3 aromatic rings. The molecule has 29 heavy (non-hydrogen) atoms. The predicted molar refractivity (Wildman–Crippen MR) is 125 cm³/mol. The summed E-state index contributed by atoms with van der Waals surface area (Å²) >= 11 is 3.58. The van der Waals surface area contributed by atoms with Gasteiger partial charge in [0.15, 0.2) is 0 Å². The maximum atomic E-state index is 13.2. The zero-order chi connectivity index (χ0) is 20.2. The maximum Gasteiger partial charge on any atom is 0.227 e. The summed E-state index contributed by atoms with van der Waals surface area (Å²) < 4.78 is 1.27. The summed E-state index contributed by atoms with van der Waals surface area (Å²) in [5.74, 6) is 0.243. The molecule has 1 aromatic carbocycles. The molecule has 154 valence electrons. The number of likely N-dealkylation sites (N-methyl/N-ethyl adjacent to an activating group) is 2. The molecule has 1 aliphatic carbocycles. The number of nitrogens with zero attached hydrogens (tertiary/aromatic N) is 2. The second-order valence-electron chi connectivity index (χ2n) is 8.16. The van der Waals surface area contributed by atoms with Gasteiger partial charge in [-0.3, -0.25) is 4.79 Å². The van der Waals surface area contributed by atoms with Crippen molar-refractivity contribution in [3.63, 3.8) is 0 Å². The molecular formula is C24H30N2OS2. The molecule has 5 heteroatoms. The minimum Gasteiger partial charge on any atom is -0.341 e. The molecule has 1 aliphatic rings. The summed E-state index contributed by atoms with van der Waals surface area (Å²) in [4.78, 5) is 19.2. The van der Waals surface area contributed by atoms with Gasteiger partial charge >= 0.3 is 0 Å². The van der Waals surface area contributed by atoms with Crippen LogP contribution < -0.4 is 0 Å². The summed E-state index contributed by atoms with van der Waals surface area (Å²) in [5.41, 5.74) is 1.15. The predicted octanol–water partition coefficient (Wildman–Crippen LogP) is 5.45. The summed E-state index contributed by atoms with van der Waals surface area (Å²) in [7, 11) is 4.26. The summed E-state index contributed by atoms with van der Waals surface area (Å²) in [5, 5.41) is 5.49. The van der Waals surface area contributed by atoms with Crippen molar-refractivity contribution in [3.8, 4) is 0 Å². The van der Waals surface area contributed by atoms with Gasteiger partial charge in [0.2, 0.25) is 5.91 Å². The van der Waals surface area contributed by atoms with Gasteiger partial charge in [0.05, 0.1) is 6.42 Å². The van der Waals surface area contributed by atoms with E-state index in [9.17, 15) is 4.79 Å². The third-order valence-electron chi connectivity index (χ3n) is 6.37. The minimum absolute atomic E-state index is 0.243. The van der Waals surface area contributed by atoms with Crippen molar-refractivity contribution in [3.05, 3.63) is 57.6 Å². The molecule has 2 heterocycles. The Morgan fingerprint density at radius 1 is 1.00 bits per heavy atom. The van der Waals surface area contributed by atoms with Crippen LogP contribution in [-0.2, 0) is 17.6 Å². The largest absolute Gasteiger partial charge is 0.341 e. The third-order valence-corrected chi connectivity index (χ3v) is 8.19. The average Bonchev–Trinajstić information content (AvgIpc) is 3.43. The molecule has 3 nitrogen and oxygen atoms in total. The molecule has 1 fully saturated rings. The number of amides is 1. The number of carbonyl (C=O) groups is 1. The van der Waals surface area contributed by atoms with Crippen LogP contribution in [0.5, 0.6) is 0 Å². The number of fused-ring (bicyclic) bond motifs is 1. The van der Waals surface area contributed by atoms with Crippen LogP contribution in [0.1, 0.15) is 36.1 Å². The Hall–Kier alpha value is -1.69. The average molecular weight is 427 g/mol. The van der Waals surface area contributed by atoms with Crippen molar-refractivity contribution < 1.29 is 4.79 Å². The quantitative estimate of drug-likeness (QED) is 0.502. The van der Waals surface area contributed by atoms with Gasteiger partial charge in [0.1, 0.15) is 0 Å². The zero-order valence-corrected chi connectivity index (χ0v) is 19.0. The molecule has 1 amide bonds. The first-order chi connectivity index (χ1) is 14.1. The summed E-state index contributed by atoms with van der Waals surface area (Å²) in [6, 6.07) is 13.6. The van der Waals surface area contributed by atoms with Crippen LogP contribution in [0.3, 0.4) is 0 Å². The van der Waals surface area contributed by atoms with Crippen LogP contribution in [-0.4, -0.2) is 48.4 Å².